The minimum atomic E-state index is 0.0735. The molecule has 3 rings (SSSR count). The zero-order chi connectivity index (χ0) is 12.5. The molecule has 0 fully saturated rings. The van der Waals surface area contributed by atoms with Crippen LogP contribution in [-0.2, 0) is 0 Å². The summed E-state index contributed by atoms with van der Waals surface area (Å²) < 4.78 is 1.98. The Balaban J connectivity index is 2.15. The SMILES string of the molecule is O=C(c1cccc(Br)c1)c1cccc2ccsc12. The Morgan fingerprint density at radius 2 is 1.89 bits per heavy atom. The van der Waals surface area contributed by atoms with Gasteiger partial charge in [0.25, 0.3) is 0 Å². The fraction of sp³-hybridized carbons (Fsp3) is 0. The Labute approximate surface area is 117 Å². The third-order valence-corrected chi connectivity index (χ3v) is 4.27. The quantitative estimate of drug-likeness (QED) is 0.615. The monoisotopic (exact) mass is 316 g/mol. The molecule has 0 aliphatic carbocycles. The molecule has 0 unspecified atom stereocenters. The van der Waals surface area contributed by atoms with Gasteiger partial charge in [-0.3, -0.25) is 4.79 Å². The maximum absolute atomic E-state index is 12.5. The number of rotatable bonds is 2. The van der Waals surface area contributed by atoms with E-state index in [9.17, 15) is 4.79 Å². The number of carbonyl (C=O) groups is 1. The molecule has 0 bridgehead atoms. The highest BCUT2D eigenvalue weighted by atomic mass is 79.9. The largest absolute Gasteiger partial charge is 0.289 e. The van der Waals surface area contributed by atoms with E-state index in [1.54, 1.807) is 11.3 Å². The van der Waals surface area contributed by atoms with Gasteiger partial charge in [-0.25, -0.2) is 0 Å². The van der Waals surface area contributed by atoms with Gasteiger partial charge in [0, 0.05) is 20.3 Å². The van der Waals surface area contributed by atoms with Crippen molar-refractivity contribution in [2.24, 2.45) is 0 Å². The molecule has 1 nitrogen and oxygen atoms in total. The number of carbonyl (C=O) groups excluding carboxylic acids is 1. The van der Waals surface area contributed by atoms with E-state index in [0.717, 1.165) is 20.1 Å². The van der Waals surface area contributed by atoms with Crippen molar-refractivity contribution in [1.82, 2.24) is 0 Å². The molecule has 3 aromatic rings. The summed E-state index contributed by atoms with van der Waals surface area (Å²) in [5.41, 5.74) is 1.49. The molecule has 18 heavy (non-hydrogen) atoms. The number of hydrogen-bond donors (Lipinski definition) is 0. The van der Waals surface area contributed by atoms with Gasteiger partial charge < -0.3 is 0 Å². The molecule has 2 aromatic carbocycles. The zero-order valence-electron chi connectivity index (χ0n) is 9.39. The van der Waals surface area contributed by atoms with E-state index >= 15 is 0 Å². The molecule has 0 atom stereocenters. The molecule has 0 N–H and O–H groups in total. The number of hydrogen-bond acceptors (Lipinski definition) is 2. The van der Waals surface area contributed by atoms with Crippen LogP contribution in [0.2, 0.25) is 0 Å². The molecule has 0 saturated carbocycles. The highest BCUT2D eigenvalue weighted by molar-refractivity contribution is 9.10. The van der Waals surface area contributed by atoms with E-state index in [4.69, 9.17) is 0 Å². The second-order valence-electron chi connectivity index (χ2n) is 3.98. The number of benzene rings is 2. The summed E-state index contributed by atoms with van der Waals surface area (Å²) in [5.74, 6) is 0.0735. The van der Waals surface area contributed by atoms with Crippen molar-refractivity contribution < 1.29 is 4.79 Å². The van der Waals surface area contributed by atoms with E-state index in [-0.39, 0.29) is 5.78 Å². The van der Waals surface area contributed by atoms with Crippen molar-refractivity contribution in [2.75, 3.05) is 0 Å². The maximum atomic E-state index is 12.5. The fourth-order valence-corrected chi connectivity index (χ4v) is 3.27. The van der Waals surface area contributed by atoms with E-state index < -0.39 is 0 Å². The van der Waals surface area contributed by atoms with E-state index in [1.807, 2.05) is 53.9 Å². The van der Waals surface area contributed by atoms with Crippen LogP contribution in [0.15, 0.2) is 58.4 Å². The molecular weight excluding hydrogens is 308 g/mol. The van der Waals surface area contributed by atoms with Crippen molar-refractivity contribution in [3.63, 3.8) is 0 Å². The topological polar surface area (TPSA) is 17.1 Å². The maximum Gasteiger partial charge on any atom is 0.194 e. The first-order valence-corrected chi connectivity index (χ1v) is 7.19. The Bertz CT molecular complexity index is 730. The fourth-order valence-electron chi connectivity index (χ4n) is 1.96. The molecule has 3 heteroatoms. The van der Waals surface area contributed by atoms with Gasteiger partial charge in [0.2, 0.25) is 0 Å². The van der Waals surface area contributed by atoms with Crippen LogP contribution < -0.4 is 0 Å². The lowest BCUT2D eigenvalue weighted by molar-refractivity contribution is 0.104. The highest BCUT2D eigenvalue weighted by Gasteiger charge is 2.13. The number of halogens is 1. The minimum absolute atomic E-state index is 0.0735. The average molecular weight is 317 g/mol. The van der Waals surface area contributed by atoms with Crippen LogP contribution in [-0.4, -0.2) is 5.78 Å². The summed E-state index contributed by atoms with van der Waals surface area (Å²) in [6, 6.07) is 15.4. The molecule has 0 spiro atoms. The molecule has 0 aliphatic heterocycles. The lowest BCUT2D eigenvalue weighted by Gasteiger charge is -2.03. The smallest absolute Gasteiger partial charge is 0.194 e. The predicted octanol–water partition coefficient (Wildman–Crippen LogP) is 4.89. The van der Waals surface area contributed by atoms with Gasteiger partial charge in [-0.15, -0.1) is 11.3 Å². The van der Waals surface area contributed by atoms with Gasteiger partial charge >= 0.3 is 0 Å². The molecule has 0 amide bonds. The van der Waals surface area contributed by atoms with Crippen LogP contribution >= 0.6 is 27.3 Å². The lowest BCUT2D eigenvalue weighted by atomic mass is 10.0. The van der Waals surface area contributed by atoms with Crippen molar-refractivity contribution >= 4 is 43.1 Å². The van der Waals surface area contributed by atoms with Crippen LogP contribution in [0, 0.1) is 0 Å². The molecule has 0 aliphatic rings. The third-order valence-electron chi connectivity index (χ3n) is 2.81. The number of thiophene rings is 1. The van der Waals surface area contributed by atoms with Gasteiger partial charge in [0.05, 0.1) is 0 Å². The zero-order valence-corrected chi connectivity index (χ0v) is 11.8. The highest BCUT2D eigenvalue weighted by Crippen LogP contribution is 2.27. The Kier molecular flexibility index (Phi) is 3.02. The summed E-state index contributed by atoms with van der Waals surface area (Å²) >= 11 is 5.00. The summed E-state index contributed by atoms with van der Waals surface area (Å²) in [6.45, 7) is 0. The number of ketones is 1. The predicted molar refractivity (Wildman–Crippen MR) is 79.4 cm³/mol. The summed E-state index contributed by atoms with van der Waals surface area (Å²) in [5, 5.41) is 3.14. The molecule has 88 valence electrons. The summed E-state index contributed by atoms with van der Waals surface area (Å²) in [7, 11) is 0. The van der Waals surface area contributed by atoms with Crippen molar-refractivity contribution in [3.05, 3.63) is 69.5 Å². The second-order valence-corrected chi connectivity index (χ2v) is 5.82. The Morgan fingerprint density at radius 1 is 1.06 bits per heavy atom. The van der Waals surface area contributed by atoms with Crippen LogP contribution in [0.1, 0.15) is 15.9 Å². The Hall–Kier alpha value is -1.45. The molecule has 1 heterocycles. The lowest BCUT2D eigenvalue weighted by Crippen LogP contribution is -2.01. The van der Waals surface area contributed by atoms with Crippen molar-refractivity contribution in [1.29, 1.82) is 0 Å². The summed E-state index contributed by atoms with van der Waals surface area (Å²) in [6.07, 6.45) is 0. The summed E-state index contributed by atoms with van der Waals surface area (Å²) in [4.78, 5) is 12.5. The average Bonchev–Trinajstić information content (AvgIpc) is 2.86. The van der Waals surface area contributed by atoms with Crippen molar-refractivity contribution in [3.8, 4) is 0 Å². The number of fused-ring (bicyclic) bond motifs is 1. The normalized spacial score (nSPS) is 10.7. The third kappa shape index (κ3) is 2.00. The molecule has 0 saturated heterocycles. The van der Waals surface area contributed by atoms with Gasteiger partial charge in [-0.1, -0.05) is 40.2 Å². The van der Waals surface area contributed by atoms with E-state index in [2.05, 4.69) is 15.9 Å². The standard InChI is InChI=1S/C15H9BrOS/c16-12-5-1-4-11(9-12)14(17)13-6-2-3-10-7-8-18-15(10)13/h1-9H. The van der Waals surface area contributed by atoms with Crippen molar-refractivity contribution in [2.45, 2.75) is 0 Å². The van der Waals surface area contributed by atoms with Crippen LogP contribution in [0.3, 0.4) is 0 Å². The molecule has 0 radical (unpaired) electrons. The molecular formula is C15H9BrOS. The van der Waals surface area contributed by atoms with Gasteiger partial charge in [0.15, 0.2) is 5.78 Å². The van der Waals surface area contributed by atoms with Gasteiger partial charge in [0.1, 0.15) is 0 Å². The minimum Gasteiger partial charge on any atom is -0.289 e. The first-order chi connectivity index (χ1) is 8.75. The van der Waals surface area contributed by atoms with E-state index in [1.165, 1.54) is 0 Å². The van der Waals surface area contributed by atoms with Crippen LogP contribution in [0.5, 0.6) is 0 Å². The van der Waals surface area contributed by atoms with Crippen LogP contribution in [0.4, 0.5) is 0 Å². The Morgan fingerprint density at radius 3 is 2.72 bits per heavy atom. The second kappa shape index (κ2) is 4.67. The van der Waals surface area contributed by atoms with Crippen LogP contribution in [0.25, 0.3) is 10.1 Å². The van der Waals surface area contributed by atoms with Gasteiger partial charge in [-0.2, -0.15) is 0 Å². The van der Waals surface area contributed by atoms with Gasteiger partial charge in [-0.05, 0) is 35.0 Å². The molecule has 1 aromatic heterocycles. The first kappa shape index (κ1) is 11.6. The first-order valence-electron chi connectivity index (χ1n) is 5.52. The van der Waals surface area contributed by atoms with E-state index in [0.29, 0.717) is 5.56 Å².